The first-order chi connectivity index (χ1) is 9.74. The van der Waals surface area contributed by atoms with E-state index in [4.69, 9.17) is 16.3 Å². The van der Waals surface area contributed by atoms with E-state index < -0.39 is 5.82 Å². The van der Waals surface area contributed by atoms with E-state index in [1.807, 2.05) is 32.9 Å². The zero-order valence-corrected chi connectivity index (χ0v) is 14.2. The molecule has 0 atom stereocenters. The van der Waals surface area contributed by atoms with Gasteiger partial charge in [-0.05, 0) is 48.8 Å². The molecule has 3 nitrogen and oxygen atoms in total. The van der Waals surface area contributed by atoms with Crippen molar-refractivity contribution in [3.8, 4) is 11.6 Å². The van der Waals surface area contributed by atoms with Crippen LogP contribution in [0.1, 0.15) is 20.8 Å². The van der Waals surface area contributed by atoms with Gasteiger partial charge in [-0.1, -0.05) is 17.7 Å². The Bertz CT molecular complexity index is 659. The van der Waals surface area contributed by atoms with Gasteiger partial charge in [0.25, 0.3) is 0 Å². The lowest BCUT2D eigenvalue weighted by atomic mass is 10.1. The van der Waals surface area contributed by atoms with Crippen LogP contribution in [-0.2, 0) is 0 Å². The highest BCUT2D eigenvalue weighted by atomic mass is 79.9. The molecule has 2 aromatic rings. The molecule has 0 spiro atoms. The lowest BCUT2D eigenvalue weighted by Crippen LogP contribution is -2.26. The Morgan fingerprint density at radius 2 is 2.00 bits per heavy atom. The van der Waals surface area contributed by atoms with Crippen molar-refractivity contribution in [2.75, 3.05) is 5.32 Å². The van der Waals surface area contributed by atoms with E-state index in [2.05, 4.69) is 26.2 Å². The predicted octanol–water partition coefficient (Wildman–Crippen LogP) is 5.64. The molecule has 0 bridgehead atoms. The third kappa shape index (κ3) is 4.58. The van der Waals surface area contributed by atoms with Gasteiger partial charge in [-0.25, -0.2) is 4.39 Å². The topological polar surface area (TPSA) is 34.1 Å². The maximum absolute atomic E-state index is 13.5. The zero-order valence-electron chi connectivity index (χ0n) is 11.9. The van der Waals surface area contributed by atoms with Crippen molar-refractivity contribution >= 4 is 33.3 Å². The van der Waals surface area contributed by atoms with Crippen LogP contribution in [0.25, 0.3) is 0 Å². The van der Waals surface area contributed by atoms with Crippen molar-refractivity contribution in [2.24, 2.45) is 0 Å². The molecule has 0 aliphatic carbocycles. The van der Waals surface area contributed by atoms with Gasteiger partial charge in [0.15, 0.2) is 0 Å². The molecule has 6 heteroatoms. The highest BCUT2D eigenvalue weighted by molar-refractivity contribution is 9.10. The quantitative estimate of drug-likeness (QED) is 0.707. The fourth-order valence-corrected chi connectivity index (χ4v) is 2.34. The second-order valence-corrected chi connectivity index (χ2v) is 6.80. The summed E-state index contributed by atoms with van der Waals surface area (Å²) in [5.41, 5.74) is -0.113. The number of ether oxygens (including phenoxy) is 1. The normalized spacial score (nSPS) is 11.3. The standard InChI is InChI=1S/C15H15BrClFN2O/c1-15(2,3)20-13-5-4-6-14(19-13)21-12-8-11(18)10(17)7-9(12)16/h4-8H,1-3H3,(H,19,20). The maximum Gasteiger partial charge on any atom is 0.221 e. The molecule has 0 saturated carbocycles. The Kier molecular flexibility index (Phi) is 4.74. The van der Waals surface area contributed by atoms with Gasteiger partial charge in [-0.3, -0.25) is 0 Å². The fourth-order valence-electron chi connectivity index (χ4n) is 1.62. The summed E-state index contributed by atoms with van der Waals surface area (Å²) in [6.45, 7) is 6.11. The molecule has 2 rings (SSSR count). The third-order valence-electron chi connectivity index (χ3n) is 2.42. The molecule has 112 valence electrons. The van der Waals surface area contributed by atoms with Crippen LogP contribution < -0.4 is 10.1 Å². The van der Waals surface area contributed by atoms with Crippen LogP contribution in [0.15, 0.2) is 34.8 Å². The van der Waals surface area contributed by atoms with Gasteiger partial charge in [-0.2, -0.15) is 4.98 Å². The SMILES string of the molecule is CC(C)(C)Nc1cccc(Oc2cc(F)c(Cl)cc2Br)n1. The minimum absolute atomic E-state index is 0.0327. The Balaban J connectivity index is 2.24. The number of rotatable bonds is 3. The van der Waals surface area contributed by atoms with Crippen LogP contribution in [0.3, 0.4) is 0 Å². The average Bonchev–Trinajstić information content (AvgIpc) is 2.34. The predicted molar refractivity (Wildman–Crippen MR) is 86.8 cm³/mol. The number of hydrogen-bond donors (Lipinski definition) is 1. The van der Waals surface area contributed by atoms with Crippen LogP contribution in [0.2, 0.25) is 5.02 Å². The van der Waals surface area contributed by atoms with Crippen molar-refractivity contribution in [3.63, 3.8) is 0 Å². The lowest BCUT2D eigenvalue weighted by Gasteiger charge is -2.21. The molecule has 21 heavy (non-hydrogen) atoms. The molecule has 0 aliphatic rings. The first-order valence-electron chi connectivity index (χ1n) is 6.32. The van der Waals surface area contributed by atoms with Crippen LogP contribution >= 0.6 is 27.5 Å². The Hall–Kier alpha value is -1.33. The summed E-state index contributed by atoms with van der Waals surface area (Å²) in [6.07, 6.45) is 0. The number of hydrogen-bond acceptors (Lipinski definition) is 3. The van der Waals surface area contributed by atoms with Crippen LogP contribution in [-0.4, -0.2) is 10.5 Å². The second-order valence-electron chi connectivity index (χ2n) is 5.53. The number of anilines is 1. The molecule has 0 aliphatic heterocycles. The molecule has 0 radical (unpaired) electrons. The first-order valence-corrected chi connectivity index (χ1v) is 7.49. The smallest absolute Gasteiger partial charge is 0.221 e. The number of benzene rings is 1. The van der Waals surface area contributed by atoms with Gasteiger partial charge in [0.1, 0.15) is 17.4 Å². The summed E-state index contributed by atoms with van der Waals surface area (Å²) < 4.78 is 19.7. The van der Waals surface area contributed by atoms with E-state index in [1.54, 1.807) is 6.07 Å². The van der Waals surface area contributed by atoms with E-state index in [-0.39, 0.29) is 10.6 Å². The number of aromatic nitrogens is 1. The maximum atomic E-state index is 13.5. The second kappa shape index (κ2) is 6.20. The highest BCUT2D eigenvalue weighted by Crippen LogP contribution is 2.33. The molecule has 0 unspecified atom stereocenters. The minimum atomic E-state index is -0.543. The van der Waals surface area contributed by atoms with Crippen molar-refractivity contribution in [1.82, 2.24) is 4.98 Å². The van der Waals surface area contributed by atoms with E-state index in [9.17, 15) is 4.39 Å². The first kappa shape index (κ1) is 16.0. The van der Waals surface area contributed by atoms with Crippen LogP contribution in [0.4, 0.5) is 10.2 Å². The number of pyridine rings is 1. The summed E-state index contributed by atoms with van der Waals surface area (Å²) in [6, 6.07) is 8.03. The third-order valence-corrected chi connectivity index (χ3v) is 3.33. The molecule has 0 amide bonds. The van der Waals surface area contributed by atoms with Crippen molar-refractivity contribution in [1.29, 1.82) is 0 Å². The van der Waals surface area contributed by atoms with Crippen LogP contribution in [0.5, 0.6) is 11.6 Å². The van der Waals surface area contributed by atoms with Crippen LogP contribution in [0, 0.1) is 5.82 Å². The molecule has 1 aromatic carbocycles. The summed E-state index contributed by atoms with van der Waals surface area (Å²) in [5, 5.41) is 3.28. The summed E-state index contributed by atoms with van der Waals surface area (Å²) in [7, 11) is 0. The number of nitrogens with one attached hydrogen (secondary N) is 1. The Labute approximate surface area is 136 Å². The molecule has 0 saturated heterocycles. The number of halogens is 3. The molecule has 1 aromatic heterocycles. The number of nitrogens with zero attached hydrogens (tertiary/aromatic N) is 1. The molecule has 1 heterocycles. The van der Waals surface area contributed by atoms with Gasteiger partial charge in [0.05, 0.1) is 9.50 Å². The van der Waals surface area contributed by atoms with Gasteiger partial charge in [0, 0.05) is 17.7 Å². The Morgan fingerprint density at radius 3 is 2.67 bits per heavy atom. The highest BCUT2D eigenvalue weighted by Gasteiger charge is 2.12. The largest absolute Gasteiger partial charge is 0.438 e. The monoisotopic (exact) mass is 372 g/mol. The van der Waals surface area contributed by atoms with E-state index in [0.29, 0.717) is 21.9 Å². The molecular weight excluding hydrogens is 359 g/mol. The van der Waals surface area contributed by atoms with Gasteiger partial charge in [-0.15, -0.1) is 0 Å². The average molecular weight is 374 g/mol. The minimum Gasteiger partial charge on any atom is -0.438 e. The molecular formula is C15H15BrClFN2O. The van der Waals surface area contributed by atoms with E-state index >= 15 is 0 Å². The summed E-state index contributed by atoms with van der Waals surface area (Å²) in [5.74, 6) is 0.827. The fraction of sp³-hybridized carbons (Fsp3) is 0.267. The van der Waals surface area contributed by atoms with Crippen molar-refractivity contribution in [2.45, 2.75) is 26.3 Å². The van der Waals surface area contributed by atoms with Crippen molar-refractivity contribution < 1.29 is 9.13 Å². The summed E-state index contributed by atoms with van der Waals surface area (Å²) in [4.78, 5) is 4.34. The Morgan fingerprint density at radius 1 is 1.29 bits per heavy atom. The summed E-state index contributed by atoms with van der Waals surface area (Å²) >= 11 is 8.99. The van der Waals surface area contributed by atoms with E-state index in [1.165, 1.54) is 12.1 Å². The lowest BCUT2D eigenvalue weighted by molar-refractivity contribution is 0.455. The van der Waals surface area contributed by atoms with Gasteiger partial charge in [0.2, 0.25) is 5.88 Å². The zero-order chi connectivity index (χ0) is 15.6. The van der Waals surface area contributed by atoms with E-state index in [0.717, 1.165) is 0 Å². The van der Waals surface area contributed by atoms with Crippen molar-refractivity contribution in [3.05, 3.63) is 45.6 Å². The molecule has 1 N–H and O–H groups in total. The van der Waals surface area contributed by atoms with Gasteiger partial charge >= 0.3 is 0 Å². The van der Waals surface area contributed by atoms with Gasteiger partial charge < -0.3 is 10.1 Å². The molecule has 0 fully saturated rings.